The first kappa shape index (κ1) is 11.5. The molecule has 0 atom stereocenters. The van der Waals surface area contributed by atoms with Crippen LogP contribution < -0.4 is 10.6 Å². The summed E-state index contributed by atoms with van der Waals surface area (Å²) in [5, 5.41) is 10.2. The molecule has 0 aromatic carbocycles. The molecular formula is C12H18N2OS. The zero-order chi connectivity index (χ0) is 11.2. The van der Waals surface area contributed by atoms with Gasteiger partial charge in [0.2, 0.25) is 5.91 Å². The number of amides is 1. The number of hydrogen-bond acceptors (Lipinski definition) is 3. The third-order valence-corrected chi connectivity index (χ3v) is 3.63. The fraction of sp³-hybridized carbons (Fsp3) is 0.583. The van der Waals surface area contributed by atoms with Crippen LogP contribution in [0.2, 0.25) is 0 Å². The largest absolute Gasteiger partial charge is 0.375 e. The Bertz CT molecular complexity index is 318. The SMILES string of the molecule is O=C(CNc1ccsc1)NC1CCCCC1. The average Bonchev–Trinajstić information content (AvgIpc) is 2.81. The molecule has 16 heavy (non-hydrogen) atoms. The summed E-state index contributed by atoms with van der Waals surface area (Å²) in [7, 11) is 0. The highest BCUT2D eigenvalue weighted by Crippen LogP contribution is 2.17. The lowest BCUT2D eigenvalue weighted by Crippen LogP contribution is -2.39. The molecule has 1 amide bonds. The topological polar surface area (TPSA) is 41.1 Å². The summed E-state index contributed by atoms with van der Waals surface area (Å²) >= 11 is 1.63. The molecule has 1 aliphatic rings. The van der Waals surface area contributed by atoms with Crippen molar-refractivity contribution in [2.75, 3.05) is 11.9 Å². The normalized spacial score (nSPS) is 17.0. The minimum atomic E-state index is 0.109. The van der Waals surface area contributed by atoms with Gasteiger partial charge in [-0.3, -0.25) is 4.79 Å². The smallest absolute Gasteiger partial charge is 0.239 e. The minimum Gasteiger partial charge on any atom is -0.375 e. The van der Waals surface area contributed by atoms with E-state index in [0.29, 0.717) is 12.6 Å². The number of thiophene rings is 1. The lowest BCUT2D eigenvalue weighted by Gasteiger charge is -2.22. The molecule has 0 aliphatic heterocycles. The molecule has 1 fully saturated rings. The van der Waals surface area contributed by atoms with E-state index in [0.717, 1.165) is 18.5 Å². The Morgan fingerprint density at radius 2 is 2.19 bits per heavy atom. The molecule has 4 heteroatoms. The molecule has 2 N–H and O–H groups in total. The van der Waals surface area contributed by atoms with Crippen molar-refractivity contribution in [2.24, 2.45) is 0 Å². The van der Waals surface area contributed by atoms with Crippen LogP contribution >= 0.6 is 11.3 Å². The van der Waals surface area contributed by atoms with Gasteiger partial charge in [0, 0.05) is 17.1 Å². The standard InChI is InChI=1S/C12H18N2OS/c15-12(8-13-11-6-7-16-9-11)14-10-4-2-1-3-5-10/h6-7,9-10,13H,1-5,8H2,(H,14,15). The van der Waals surface area contributed by atoms with Gasteiger partial charge in [-0.15, -0.1) is 0 Å². The van der Waals surface area contributed by atoms with E-state index in [2.05, 4.69) is 10.6 Å². The molecule has 3 nitrogen and oxygen atoms in total. The molecule has 0 radical (unpaired) electrons. The van der Waals surface area contributed by atoms with Crippen LogP contribution in [-0.4, -0.2) is 18.5 Å². The van der Waals surface area contributed by atoms with E-state index >= 15 is 0 Å². The summed E-state index contributed by atoms with van der Waals surface area (Å²) in [6.45, 7) is 0.382. The number of nitrogens with one attached hydrogen (secondary N) is 2. The van der Waals surface area contributed by atoms with Crippen molar-refractivity contribution < 1.29 is 4.79 Å². The van der Waals surface area contributed by atoms with Gasteiger partial charge in [0.1, 0.15) is 0 Å². The van der Waals surface area contributed by atoms with E-state index in [-0.39, 0.29) is 5.91 Å². The monoisotopic (exact) mass is 238 g/mol. The molecule has 1 aromatic heterocycles. The maximum absolute atomic E-state index is 11.6. The Balaban J connectivity index is 1.67. The third kappa shape index (κ3) is 3.52. The summed E-state index contributed by atoms with van der Waals surface area (Å²) in [6.07, 6.45) is 6.11. The first-order valence-electron chi connectivity index (χ1n) is 5.90. The highest BCUT2D eigenvalue weighted by Gasteiger charge is 2.15. The molecule has 1 aliphatic carbocycles. The highest BCUT2D eigenvalue weighted by atomic mass is 32.1. The molecule has 0 bridgehead atoms. The number of carbonyl (C=O) groups excluding carboxylic acids is 1. The van der Waals surface area contributed by atoms with Gasteiger partial charge in [-0.05, 0) is 24.3 Å². The van der Waals surface area contributed by atoms with E-state index in [1.807, 2.05) is 16.8 Å². The van der Waals surface area contributed by atoms with E-state index in [9.17, 15) is 4.79 Å². The Morgan fingerprint density at radius 3 is 2.88 bits per heavy atom. The van der Waals surface area contributed by atoms with E-state index in [4.69, 9.17) is 0 Å². The van der Waals surface area contributed by atoms with E-state index < -0.39 is 0 Å². The second kappa shape index (κ2) is 5.89. The number of hydrogen-bond donors (Lipinski definition) is 2. The minimum absolute atomic E-state index is 0.109. The average molecular weight is 238 g/mol. The van der Waals surface area contributed by atoms with Crippen LogP contribution in [0.15, 0.2) is 16.8 Å². The van der Waals surface area contributed by atoms with Crippen LogP contribution in [0.3, 0.4) is 0 Å². The number of anilines is 1. The van der Waals surface area contributed by atoms with E-state index in [1.54, 1.807) is 11.3 Å². The number of rotatable bonds is 4. The first-order valence-corrected chi connectivity index (χ1v) is 6.84. The van der Waals surface area contributed by atoms with Gasteiger partial charge in [-0.1, -0.05) is 19.3 Å². The molecular weight excluding hydrogens is 220 g/mol. The van der Waals surface area contributed by atoms with Gasteiger partial charge in [-0.25, -0.2) is 0 Å². The quantitative estimate of drug-likeness (QED) is 0.846. The Morgan fingerprint density at radius 1 is 1.38 bits per heavy atom. The van der Waals surface area contributed by atoms with Crippen molar-refractivity contribution >= 4 is 22.9 Å². The summed E-state index contributed by atoms with van der Waals surface area (Å²) in [6, 6.07) is 2.39. The maximum Gasteiger partial charge on any atom is 0.239 e. The fourth-order valence-corrected chi connectivity index (χ4v) is 2.69. The van der Waals surface area contributed by atoms with Crippen molar-refractivity contribution in [1.82, 2.24) is 5.32 Å². The molecule has 1 aromatic rings. The molecule has 0 unspecified atom stereocenters. The zero-order valence-corrected chi connectivity index (χ0v) is 10.2. The molecule has 2 rings (SSSR count). The van der Waals surface area contributed by atoms with Gasteiger partial charge in [0.25, 0.3) is 0 Å². The predicted molar refractivity (Wildman–Crippen MR) is 67.8 cm³/mol. The summed E-state index contributed by atoms with van der Waals surface area (Å²) in [5.41, 5.74) is 1.03. The van der Waals surface area contributed by atoms with Crippen LogP contribution in [0, 0.1) is 0 Å². The highest BCUT2D eigenvalue weighted by molar-refractivity contribution is 7.08. The van der Waals surface area contributed by atoms with Gasteiger partial charge in [0.15, 0.2) is 0 Å². The van der Waals surface area contributed by atoms with Crippen LogP contribution in [0.5, 0.6) is 0 Å². The lowest BCUT2D eigenvalue weighted by atomic mass is 9.95. The van der Waals surface area contributed by atoms with Gasteiger partial charge in [0.05, 0.1) is 6.54 Å². The van der Waals surface area contributed by atoms with E-state index in [1.165, 1.54) is 19.3 Å². The molecule has 1 heterocycles. The van der Waals surface area contributed by atoms with Crippen molar-refractivity contribution in [3.05, 3.63) is 16.8 Å². The Hall–Kier alpha value is -1.03. The van der Waals surface area contributed by atoms with Gasteiger partial charge < -0.3 is 10.6 Å². The Kier molecular flexibility index (Phi) is 4.22. The molecule has 88 valence electrons. The van der Waals surface area contributed by atoms with Crippen molar-refractivity contribution in [3.8, 4) is 0 Å². The van der Waals surface area contributed by atoms with Crippen LogP contribution in [-0.2, 0) is 4.79 Å². The lowest BCUT2D eigenvalue weighted by molar-refractivity contribution is -0.120. The summed E-state index contributed by atoms with van der Waals surface area (Å²) < 4.78 is 0. The van der Waals surface area contributed by atoms with Crippen LogP contribution in [0.25, 0.3) is 0 Å². The van der Waals surface area contributed by atoms with Crippen LogP contribution in [0.1, 0.15) is 32.1 Å². The molecule has 1 saturated carbocycles. The third-order valence-electron chi connectivity index (χ3n) is 2.94. The zero-order valence-electron chi connectivity index (χ0n) is 9.37. The first-order chi connectivity index (χ1) is 7.84. The second-order valence-electron chi connectivity index (χ2n) is 4.27. The van der Waals surface area contributed by atoms with Gasteiger partial charge >= 0.3 is 0 Å². The number of carbonyl (C=O) groups is 1. The fourth-order valence-electron chi connectivity index (χ4n) is 2.07. The van der Waals surface area contributed by atoms with Crippen molar-refractivity contribution in [3.63, 3.8) is 0 Å². The summed E-state index contributed by atoms with van der Waals surface area (Å²) in [4.78, 5) is 11.6. The van der Waals surface area contributed by atoms with Crippen molar-refractivity contribution in [1.29, 1.82) is 0 Å². The molecule has 0 spiro atoms. The second-order valence-corrected chi connectivity index (χ2v) is 5.05. The Labute approximate surface area is 100 Å². The summed E-state index contributed by atoms with van der Waals surface area (Å²) in [5.74, 6) is 0.109. The van der Waals surface area contributed by atoms with Crippen LogP contribution in [0.4, 0.5) is 5.69 Å². The molecule has 0 saturated heterocycles. The maximum atomic E-state index is 11.6. The van der Waals surface area contributed by atoms with Gasteiger partial charge in [-0.2, -0.15) is 11.3 Å². The van der Waals surface area contributed by atoms with Crippen molar-refractivity contribution in [2.45, 2.75) is 38.1 Å². The predicted octanol–water partition coefficient (Wildman–Crippen LogP) is 2.61.